The summed E-state index contributed by atoms with van der Waals surface area (Å²) in [6.07, 6.45) is 0. The van der Waals surface area contributed by atoms with Crippen molar-refractivity contribution < 1.29 is 14.7 Å². The van der Waals surface area contributed by atoms with Gasteiger partial charge in [0.25, 0.3) is 0 Å². The molecule has 0 aliphatic carbocycles. The average molecular weight is 295 g/mol. The van der Waals surface area contributed by atoms with Crippen molar-refractivity contribution in [2.45, 2.75) is 12.8 Å². The summed E-state index contributed by atoms with van der Waals surface area (Å²) < 4.78 is 0. The van der Waals surface area contributed by atoms with Crippen LogP contribution in [0.2, 0.25) is 5.02 Å². The number of carboxylic acids is 1. The van der Waals surface area contributed by atoms with Crippen LogP contribution in [0.15, 0.2) is 35.7 Å². The lowest BCUT2D eigenvalue weighted by atomic mass is 9.98. The van der Waals surface area contributed by atoms with E-state index >= 15 is 0 Å². The molecule has 0 radical (unpaired) electrons. The Hall–Kier alpha value is -1.65. The molecule has 0 bridgehead atoms. The molecule has 3 nitrogen and oxygen atoms in total. The Balaban J connectivity index is 2.35. The van der Waals surface area contributed by atoms with E-state index in [1.807, 2.05) is 5.38 Å². The summed E-state index contributed by atoms with van der Waals surface area (Å²) in [6, 6.07) is 8.29. The first-order chi connectivity index (χ1) is 9.00. The molecule has 1 aromatic heterocycles. The van der Waals surface area contributed by atoms with Gasteiger partial charge in [-0.3, -0.25) is 9.59 Å². The second-order valence-corrected chi connectivity index (χ2v) is 5.46. The molecular formula is C14H11ClO3S. The zero-order valence-corrected chi connectivity index (χ0v) is 11.7. The predicted octanol–water partition coefficient (Wildman–Crippen LogP) is 3.82. The van der Waals surface area contributed by atoms with Crippen LogP contribution in [0.4, 0.5) is 0 Å². The number of hydrogen-bond acceptors (Lipinski definition) is 3. The van der Waals surface area contributed by atoms with E-state index in [1.54, 1.807) is 37.3 Å². The normalized spacial score (nSPS) is 12.1. The van der Waals surface area contributed by atoms with E-state index in [-0.39, 0.29) is 10.8 Å². The highest BCUT2D eigenvalue weighted by Gasteiger charge is 2.18. The summed E-state index contributed by atoms with van der Waals surface area (Å²) in [5, 5.41) is 11.0. The van der Waals surface area contributed by atoms with Crippen molar-refractivity contribution in [1.29, 1.82) is 0 Å². The number of aliphatic carboxylic acids is 1. The van der Waals surface area contributed by atoms with Gasteiger partial charge in [0.1, 0.15) is 0 Å². The maximum atomic E-state index is 12.2. The van der Waals surface area contributed by atoms with Crippen molar-refractivity contribution >= 4 is 34.7 Å². The Morgan fingerprint density at radius 2 is 2.05 bits per heavy atom. The van der Waals surface area contributed by atoms with Crippen LogP contribution in [-0.4, -0.2) is 16.9 Å². The monoisotopic (exact) mass is 294 g/mol. The molecule has 5 heteroatoms. The highest BCUT2D eigenvalue weighted by Crippen LogP contribution is 2.26. The fraction of sp³-hybridized carbons (Fsp3) is 0.143. The zero-order valence-electron chi connectivity index (χ0n) is 10.1. The molecule has 0 saturated carbocycles. The van der Waals surface area contributed by atoms with Crippen LogP contribution in [0.1, 0.15) is 33.6 Å². The molecule has 0 amide bonds. The van der Waals surface area contributed by atoms with Gasteiger partial charge in [0, 0.05) is 5.56 Å². The minimum absolute atomic E-state index is 0.144. The van der Waals surface area contributed by atoms with E-state index in [0.717, 1.165) is 0 Å². The molecule has 0 aliphatic heterocycles. The lowest BCUT2D eigenvalue weighted by Crippen LogP contribution is -2.08. The Morgan fingerprint density at radius 3 is 2.58 bits per heavy atom. The highest BCUT2D eigenvalue weighted by atomic mass is 35.5. The second-order valence-electron chi connectivity index (χ2n) is 4.11. The first-order valence-electron chi connectivity index (χ1n) is 5.61. The van der Waals surface area contributed by atoms with E-state index < -0.39 is 11.9 Å². The van der Waals surface area contributed by atoms with E-state index in [1.165, 1.54) is 11.3 Å². The predicted molar refractivity (Wildman–Crippen MR) is 75.3 cm³/mol. The molecule has 98 valence electrons. The van der Waals surface area contributed by atoms with E-state index in [4.69, 9.17) is 16.7 Å². The topological polar surface area (TPSA) is 54.4 Å². The summed E-state index contributed by atoms with van der Waals surface area (Å²) in [4.78, 5) is 23.7. The molecule has 1 N–H and O–H groups in total. The largest absolute Gasteiger partial charge is 0.481 e. The smallest absolute Gasteiger partial charge is 0.310 e. The summed E-state index contributed by atoms with van der Waals surface area (Å²) in [5.41, 5.74) is 0.977. The standard InChI is InChI=1S/C14H11ClO3S/c1-8(14(17)18)9-4-5-10(11(15)7-9)13(16)12-3-2-6-19-12/h2-8H,1H3,(H,17,18)/t8-/m1/s1. The van der Waals surface area contributed by atoms with Gasteiger partial charge in [-0.05, 0) is 36.1 Å². The maximum Gasteiger partial charge on any atom is 0.310 e. The number of carboxylic acid groups (broad SMARTS) is 1. The zero-order chi connectivity index (χ0) is 14.0. The highest BCUT2D eigenvalue weighted by molar-refractivity contribution is 7.12. The van der Waals surface area contributed by atoms with Gasteiger partial charge in [0.05, 0.1) is 15.8 Å². The van der Waals surface area contributed by atoms with Crippen molar-refractivity contribution in [1.82, 2.24) is 0 Å². The van der Waals surface area contributed by atoms with Crippen LogP contribution in [0.3, 0.4) is 0 Å². The van der Waals surface area contributed by atoms with Gasteiger partial charge in [-0.1, -0.05) is 23.7 Å². The molecule has 2 rings (SSSR count). The van der Waals surface area contributed by atoms with Gasteiger partial charge >= 0.3 is 5.97 Å². The van der Waals surface area contributed by atoms with Crippen LogP contribution in [0, 0.1) is 0 Å². The van der Waals surface area contributed by atoms with Gasteiger partial charge in [-0.15, -0.1) is 11.3 Å². The number of rotatable bonds is 4. The third-order valence-corrected chi connectivity index (χ3v) is 4.03. The molecule has 1 heterocycles. The lowest BCUT2D eigenvalue weighted by Gasteiger charge is -2.09. The molecule has 0 fully saturated rings. The van der Waals surface area contributed by atoms with Crippen molar-refractivity contribution in [3.63, 3.8) is 0 Å². The van der Waals surface area contributed by atoms with Gasteiger partial charge in [0.2, 0.25) is 5.78 Å². The molecule has 0 saturated heterocycles. The van der Waals surface area contributed by atoms with E-state index in [9.17, 15) is 9.59 Å². The third-order valence-electron chi connectivity index (χ3n) is 2.85. The third kappa shape index (κ3) is 2.85. The van der Waals surface area contributed by atoms with Gasteiger partial charge < -0.3 is 5.11 Å². The van der Waals surface area contributed by atoms with Crippen LogP contribution >= 0.6 is 22.9 Å². The Morgan fingerprint density at radius 1 is 1.32 bits per heavy atom. The lowest BCUT2D eigenvalue weighted by molar-refractivity contribution is -0.138. The number of ketones is 1. The van der Waals surface area contributed by atoms with E-state index in [0.29, 0.717) is 16.0 Å². The number of benzene rings is 1. The second kappa shape index (κ2) is 5.55. The molecule has 2 aromatic rings. The SMILES string of the molecule is C[C@@H](C(=O)O)c1ccc(C(=O)c2cccs2)c(Cl)c1. The summed E-state index contributed by atoms with van der Waals surface area (Å²) in [5.74, 6) is -1.72. The molecule has 0 aliphatic rings. The molecular weight excluding hydrogens is 284 g/mol. The Bertz CT molecular complexity index is 620. The maximum absolute atomic E-state index is 12.2. The number of hydrogen-bond donors (Lipinski definition) is 1. The first-order valence-corrected chi connectivity index (χ1v) is 6.87. The van der Waals surface area contributed by atoms with Crippen molar-refractivity contribution in [2.24, 2.45) is 0 Å². The minimum Gasteiger partial charge on any atom is -0.481 e. The summed E-state index contributed by atoms with van der Waals surface area (Å²) >= 11 is 7.43. The molecule has 0 unspecified atom stereocenters. The van der Waals surface area contributed by atoms with Gasteiger partial charge in [0.15, 0.2) is 0 Å². The van der Waals surface area contributed by atoms with Crippen LogP contribution in [0.25, 0.3) is 0 Å². The fourth-order valence-corrected chi connectivity index (χ4v) is 2.62. The first kappa shape index (κ1) is 13.8. The average Bonchev–Trinajstić information content (AvgIpc) is 2.90. The van der Waals surface area contributed by atoms with E-state index in [2.05, 4.69) is 0 Å². The van der Waals surface area contributed by atoms with Gasteiger partial charge in [-0.25, -0.2) is 0 Å². The molecule has 1 aromatic carbocycles. The number of carbonyl (C=O) groups excluding carboxylic acids is 1. The Labute approximate surface area is 119 Å². The number of halogens is 1. The summed E-state index contributed by atoms with van der Waals surface area (Å²) in [7, 11) is 0. The molecule has 0 spiro atoms. The number of thiophene rings is 1. The van der Waals surface area contributed by atoms with Crippen molar-refractivity contribution in [3.05, 3.63) is 56.7 Å². The van der Waals surface area contributed by atoms with Crippen molar-refractivity contribution in [3.8, 4) is 0 Å². The Kier molecular flexibility index (Phi) is 4.02. The molecule has 1 atom stereocenters. The fourth-order valence-electron chi connectivity index (χ4n) is 1.67. The van der Waals surface area contributed by atoms with Crippen molar-refractivity contribution in [2.75, 3.05) is 0 Å². The van der Waals surface area contributed by atoms with Gasteiger partial charge in [-0.2, -0.15) is 0 Å². The van der Waals surface area contributed by atoms with Crippen LogP contribution in [-0.2, 0) is 4.79 Å². The quantitative estimate of drug-likeness (QED) is 0.872. The number of carbonyl (C=O) groups is 2. The van der Waals surface area contributed by atoms with Crippen LogP contribution < -0.4 is 0 Å². The summed E-state index contributed by atoms with van der Waals surface area (Å²) in [6.45, 7) is 1.58. The molecule has 19 heavy (non-hydrogen) atoms. The van der Waals surface area contributed by atoms with Crippen LogP contribution in [0.5, 0.6) is 0 Å². The minimum atomic E-state index is -0.923.